The molecule has 3 rings (SSSR count). The Morgan fingerprint density at radius 3 is 2.73 bits per heavy atom. The highest BCUT2D eigenvalue weighted by atomic mass is 16.3. The number of fused-ring (bicyclic) bond motifs is 1. The highest BCUT2D eigenvalue weighted by Gasteiger charge is 2.06. The minimum Gasteiger partial charge on any atom is -0.508 e. The minimum absolute atomic E-state index is 0.0932. The molecule has 0 aliphatic heterocycles. The number of phenolic OH excluding ortho intramolecular Hbond substituents is 1. The Kier molecular flexibility index (Phi) is 5.69. The van der Waals surface area contributed by atoms with E-state index < -0.39 is 0 Å². The zero-order valence-corrected chi connectivity index (χ0v) is 14.8. The smallest absolute Gasteiger partial charge is 0.251 e. The van der Waals surface area contributed by atoms with Gasteiger partial charge in [0.05, 0.1) is 5.52 Å². The number of nitrogens with zero attached hydrogens (tertiary/aromatic N) is 1. The first kappa shape index (κ1) is 17.7. The van der Waals surface area contributed by atoms with Crippen LogP contribution in [0.5, 0.6) is 5.75 Å². The number of hydrogen-bond donors (Lipinski definition) is 3. The lowest BCUT2D eigenvalue weighted by atomic mass is 10.1. The second-order valence-electron chi connectivity index (χ2n) is 6.12. The fourth-order valence-electron chi connectivity index (χ4n) is 2.82. The molecule has 0 aliphatic rings. The molecule has 0 aliphatic carbocycles. The SMILES string of the molecule is CCc1cc(NCCCNC(=O)c2cccc(O)c2)c2ccccc2n1. The average molecular weight is 349 g/mol. The summed E-state index contributed by atoms with van der Waals surface area (Å²) in [6.07, 6.45) is 1.68. The van der Waals surface area contributed by atoms with E-state index in [1.807, 2.05) is 18.2 Å². The summed E-state index contributed by atoms with van der Waals surface area (Å²) < 4.78 is 0. The normalized spacial score (nSPS) is 10.7. The molecule has 0 unspecified atom stereocenters. The standard InChI is InChI=1S/C21H23N3O2/c1-2-16-14-20(18-9-3-4-10-19(18)24-16)22-11-6-12-23-21(26)15-7-5-8-17(25)13-15/h3-5,7-10,13-14,25H,2,6,11-12H2,1H3,(H,22,24)(H,23,26). The number of aromatic hydroxyl groups is 1. The molecule has 0 saturated heterocycles. The van der Waals surface area contributed by atoms with Crippen molar-refractivity contribution >= 4 is 22.5 Å². The van der Waals surface area contributed by atoms with E-state index in [-0.39, 0.29) is 11.7 Å². The fraction of sp³-hybridized carbons (Fsp3) is 0.238. The van der Waals surface area contributed by atoms with Crippen LogP contribution in [0.2, 0.25) is 0 Å². The van der Waals surface area contributed by atoms with Gasteiger partial charge in [-0.25, -0.2) is 0 Å². The van der Waals surface area contributed by atoms with Gasteiger partial charge in [-0.05, 0) is 43.2 Å². The zero-order chi connectivity index (χ0) is 18.4. The van der Waals surface area contributed by atoms with Crippen molar-refractivity contribution in [2.45, 2.75) is 19.8 Å². The third-order valence-corrected chi connectivity index (χ3v) is 4.19. The van der Waals surface area contributed by atoms with E-state index in [0.29, 0.717) is 12.1 Å². The Morgan fingerprint density at radius 1 is 1.08 bits per heavy atom. The van der Waals surface area contributed by atoms with E-state index in [9.17, 15) is 9.90 Å². The Morgan fingerprint density at radius 2 is 1.92 bits per heavy atom. The molecule has 3 aromatic rings. The highest BCUT2D eigenvalue weighted by Crippen LogP contribution is 2.23. The number of carbonyl (C=O) groups excluding carboxylic acids is 1. The maximum Gasteiger partial charge on any atom is 0.251 e. The molecule has 0 bridgehead atoms. The number of anilines is 1. The molecule has 0 radical (unpaired) electrons. The van der Waals surface area contributed by atoms with Crippen molar-refractivity contribution in [3.8, 4) is 5.75 Å². The summed E-state index contributed by atoms with van der Waals surface area (Å²) >= 11 is 0. The summed E-state index contributed by atoms with van der Waals surface area (Å²) in [7, 11) is 0. The van der Waals surface area contributed by atoms with Crippen LogP contribution in [0.3, 0.4) is 0 Å². The number of amides is 1. The van der Waals surface area contributed by atoms with Crippen molar-refractivity contribution in [2.75, 3.05) is 18.4 Å². The summed E-state index contributed by atoms with van der Waals surface area (Å²) in [4.78, 5) is 16.7. The van der Waals surface area contributed by atoms with Crippen molar-refractivity contribution in [2.24, 2.45) is 0 Å². The van der Waals surface area contributed by atoms with Crippen molar-refractivity contribution in [3.05, 3.63) is 65.9 Å². The van der Waals surface area contributed by atoms with E-state index in [2.05, 4.69) is 34.7 Å². The molecule has 0 spiro atoms. The van der Waals surface area contributed by atoms with Gasteiger partial charge in [0.15, 0.2) is 0 Å². The van der Waals surface area contributed by atoms with Crippen molar-refractivity contribution < 1.29 is 9.90 Å². The number of hydrogen-bond acceptors (Lipinski definition) is 4. The average Bonchev–Trinajstić information content (AvgIpc) is 2.67. The number of pyridine rings is 1. The van der Waals surface area contributed by atoms with Crippen LogP contribution in [0.25, 0.3) is 10.9 Å². The number of aromatic nitrogens is 1. The van der Waals surface area contributed by atoms with Crippen LogP contribution < -0.4 is 10.6 Å². The molecule has 5 nitrogen and oxygen atoms in total. The van der Waals surface area contributed by atoms with Gasteiger partial charge in [0.25, 0.3) is 5.91 Å². The first-order valence-corrected chi connectivity index (χ1v) is 8.87. The number of aryl methyl sites for hydroxylation is 1. The fourth-order valence-corrected chi connectivity index (χ4v) is 2.82. The van der Waals surface area contributed by atoms with E-state index in [1.165, 1.54) is 6.07 Å². The van der Waals surface area contributed by atoms with Gasteiger partial charge in [-0.3, -0.25) is 9.78 Å². The molecule has 5 heteroatoms. The molecule has 2 aromatic carbocycles. The largest absolute Gasteiger partial charge is 0.508 e. The van der Waals surface area contributed by atoms with Gasteiger partial charge >= 0.3 is 0 Å². The van der Waals surface area contributed by atoms with E-state index in [4.69, 9.17) is 0 Å². The van der Waals surface area contributed by atoms with Crippen LogP contribution >= 0.6 is 0 Å². The second kappa shape index (κ2) is 8.34. The Labute approximate surface area is 153 Å². The van der Waals surface area contributed by atoms with Crippen LogP contribution in [0.1, 0.15) is 29.4 Å². The topological polar surface area (TPSA) is 74.2 Å². The second-order valence-corrected chi connectivity index (χ2v) is 6.12. The Hall–Kier alpha value is -3.08. The Bertz CT molecular complexity index is 909. The van der Waals surface area contributed by atoms with Gasteiger partial charge in [0.2, 0.25) is 0 Å². The van der Waals surface area contributed by atoms with Crippen LogP contribution in [-0.4, -0.2) is 29.1 Å². The quantitative estimate of drug-likeness (QED) is 0.568. The first-order chi connectivity index (χ1) is 12.7. The maximum atomic E-state index is 12.0. The molecule has 26 heavy (non-hydrogen) atoms. The molecule has 1 amide bonds. The lowest BCUT2D eigenvalue weighted by Gasteiger charge is -2.12. The predicted octanol–water partition coefficient (Wildman–Crippen LogP) is 3.73. The van der Waals surface area contributed by atoms with Crippen molar-refractivity contribution in [3.63, 3.8) is 0 Å². The van der Waals surface area contributed by atoms with Crippen molar-refractivity contribution in [1.29, 1.82) is 0 Å². The molecular weight excluding hydrogens is 326 g/mol. The van der Waals surface area contributed by atoms with Gasteiger partial charge in [-0.2, -0.15) is 0 Å². The molecular formula is C21H23N3O2. The van der Waals surface area contributed by atoms with Crippen LogP contribution in [0.4, 0.5) is 5.69 Å². The van der Waals surface area contributed by atoms with Crippen LogP contribution in [0.15, 0.2) is 54.6 Å². The van der Waals surface area contributed by atoms with Gasteiger partial charge in [-0.15, -0.1) is 0 Å². The van der Waals surface area contributed by atoms with Gasteiger partial charge in [0, 0.05) is 35.4 Å². The van der Waals surface area contributed by atoms with E-state index in [1.54, 1.807) is 18.2 Å². The summed E-state index contributed by atoms with van der Waals surface area (Å²) in [5, 5.41) is 16.9. The highest BCUT2D eigenvalue weighted by molar-refractivity contribution is 5.94. The van der Waals surface area contributed by atoms with Gasteiger partial charge < -0.3 is 15.7 Å². The number of phenols is 1. The summed E-state index contributed by atoms with van der Waals surface area (Å²) in [6.45, 7) is 3.40. The third kappa shape index (κ3) is 4.30. The number of para-hydroxylation sites is 1. The number of carbonyl (C=O) groups is 1. The van der Waals surface area contributed by atoms with Crippen LogP contribution in [-0.2, 0) is 6.42 Å². The summed E-state index contributed by atoms with van der Waals surface area (Å²) in [5.74, 6) is -0.0841. The lowest BCUT2D eigenvalue weighted by Crippen LogP contribution is -2.25. The lowest BCUT2D eigenvalue weighted by molar-refractivity contribution is 0.0953. The monoisotopic (exact) mass is 349 g/mol. The number of nitrogens with one attached hydrogen (secondary N) is 2. The van der Waals surface area contributed by atoms with E-state index in [0.717, 1.165) is 41.7 Å². The van der Waals surface area contributed by atoms with Gasteiger partial charge in [-0.1, -0.05) is 31.2 Å². The molecule has 1 heterocycles. The number of benzene rings is 2. The molecule has 3 N–H and O–H groups in total. The van der Waals surface area contributed by atoms with Crippen molar-refractivity contribution in [1.82, 2.24) is 10.3 Å². The molecule has 0 fully saturated rings. The third-order valence-electron chi connectivity index (χ3n) is 4.19. The Balaban J connectivity index is 1.54. The molecule has 1 aromatic heterocycles. The van der Waals surface area contributed by atoms with E-state index >= 15 is 0 Å². The number of rotatable bonds is 7. The van der Waals surface area contributed by atoms with Crippen LogP contribution in [0, 0.1) is 0 Å². The zero-order valence-electron chi connectivity index (χ0n) is 14.8. The summed E-state index contributed by atoms with van der Waals surface area (Å²) in [5.41, 5.74) is 3.59. The molecule has 0 atom stereocenters. The minimum atomic E-state index is -0.177. The predicted molar refractivity (Wildman–Crippen MR) is 105 cm³/mol. The first-order valence-electron chi connectivity index (χ1n) is 8.87. The van der Waals surface area contributed by atoms with Gasteiger partial charge in [0.1, 0.15) is 5.75 Å². The molecule has 0 saturated carbocycles. The summed E-state index contributed by atoms with van der Waals surface area (Å²) in [6, 6.07) is 16.5. The molecule has 134 valence electrons. The maximum absolute atomic E-state index is 12.0.